The van der Waals surface area contributed by atoms with Gasteiger partial charge in [0, 0.05) is 31.8 Å². The Kier molecular flexibility index (Phi) is 9.17. The molecule has 0 N–H and O–H groups in total. The van der Waals surface area contributed by atoms with Crippen molar-refractivity contribution in [2.24, 2.45) is 40.4 Å². The number of likely N-dealkylation sites (tertiary alicyclic amines) is 1. The molecule has 4 nitrogen and oxygen atoms in total. The standard InChI is InChI=1S/C33H55NO3/c1-7-8-9-10-11-12-13-14-15-30(36)37-24(3)31-23(2)22-27-25-16-17-28-32(4,21-19-29(35)34(28)6)26(25)18-20-33(27,31)5/h7,23-28,31H,1,8-22H2,2-6H3/t23?,24?,25-,26+,27+,28-,31-,32-,33+/m1/s1. The van der Waals surface area contributed by atoms with E-state index in [4.69, 9.17) is 4.74 Å². The molecule has 0 aromatic heterocycles. The Hall–Kier alpha value is -1.32. The topological polar surface area (TPSA) is 46.6 Å². The number of esters is 1. The summed E-state index contributed by atoms with van der Waals surface area (Å²) in [7, 11) is 2.05. The van der Waals surface area contributed by atoms with Crippen molar-refractivity contribution in [2.45, 2.75) is 136 Å². The maximum atomic E-state index is 12.8. The third-order valence-electron chi connectivity index (χ3n) is 11.9. The van der Waals surface area contributed by atoms with E-state index in [0.717, 1.165) is 50.4 Å². The van der Waals surface area contributed by atoms with Crippen LogP contribution in [0, 0.1) is 40.4 Å². The summed E-state index contributed by atoms with van der Waals surface area (Å²) in [5.74, 6) is 3.59. The van der Waals surface area contributed by atoms with E-state index in [-0.39, 0.29) is 22.9 Å². The molecule has 4 fully saturated rings. The number of carbonyl (C=O) groups is 2. The molecular weight excluding hydrogens is 458 g/mol. The van der Waals surface area contributed by atoms with Gasteiger partial charge < -0.3 is 9.64 Å². The second-order valence-corrected chi connectivity index (χ2v) is 13.9. The smallest absolute Gasteiger partial charge is 0.306 e. The van der Waals surface area contributed by atoms with Gasteiger partial charge in [-0.25, -0.2) is 0 Å². The Bertz CT molecular complexity index is 824. The van der Waals surface area contributed by atoms with E-state index in [0.29, 0.717) is 36.1 Å². The van der Waals surface area contributed by atoms with E-state index in [9.17, 15) is 9.59 Å². The van der Waals surface area contributed by atoms with Crippen molar-refractivity contribution in [3.63, 3.8) is 0 Å². The number of allylic oxidation sites excluding steroid dienone is 1. The highest BCUT2D eigenvalue weighted by Gasteiger charge is 2.63. The zero-order valence-electron chi connectivity index (χ0n) is 24.6. The van der Waals surface area contributed by atoms with Crippen molar-refractivity contribution in [3.05, 3.63) is 12.7 Å². The average molecular weight is 514 g/mol. The third kappa shape index (κ3) is 5.55. The minimum Gasteiger partial charge on any atom is -0.462 e. The molecule has 0 bridgehead atoms. The summed E-state index contributed by atoms with van der Waals surface area (Å²) in [6.07, 6.45) is 18.7. The molecule has 0 spiro atoms. The highest BCUT2D eigenvalue weighted by Crippen LogP contribution is 2.67. The molecule has 4 rings (SSSR count). The van der Waals surface area contributed by atoms with Crippen LogP contribution >= 0.6 is 0 Å². The van der Waals surface area contributed by atoms with Crippen LogP contribution < -0.4 is 0 Å². The van der Waals surface area contributed by atoms with E-state index in [2.05, 4.69) is 39.2 Å². The Labute approximate surface area is 227 Å². The first-order valence-electron chi connectivity index (χ1n) is 15.7. The average Bonchev–Trinajstić information content (AvgIpc) is 3.13. The number of carbonyl (C=O) groups excluding carboxylic acids is 2. The molecule has 37 heavy (non-hydrogen) atoms. The number of nitrogens with zero attached hydrogens (tertiary/aromatic N) is 1. The van der Waals surface area contributed by atoms with Gasteiger partial charge in [0.25, 0.3) is 0 Å². The SMILES string of the molecule is C=CCCCCCCCCC(=O)OC(C)[C@H]1C(C)C[C@H]2[C@@H]3CC[C@H]4N(C)C(=O)CC[C@]4(C)[C@H]3CC[C@]12C. The van der Waals surface area contributed by atoms with Gasteiger partial charge in [-0.15, -0.1) is 6.58 Å². The summed E-state index contributed by atoms with van der Waals surface area (Å²) in [6.45, 7) is 13.4. The maximum absolute atomic E-state index is 12.8. The summed E-state index contributed by atoms with van der Waals surface area (Å²) < 4.78 is 6.15. The summed E-state index contributed by atoms with van der Waals surface area (Å²) in [4.78, 5) is 27.3. The van der Waals surface area contributed by atoms with Crippen LogP contribution in [0.5, 0.6) is 0 Å². The monoisotopic (exact) mass is 513 g/mol. The summed E-state index contributed by atoms with van der Waals surface area (Å²) in [5.41, 5.74) is 0.517. The molecule has 0 aromatic rings. The van der Waals surface area contributed by atoms with Crippen molar-refractivity contribution in [2.75, 3.05) is 7.05 Å². The van der Waals surface area contributed by atoms with Gasteiger partial charge in [0.2, 0.25) is 5.91 Å². The Balaban J connectivity index is 1.32. The van der Waals surface area contributed by atoms with Gasteiger partial charge in [-0.1, -0.05) is 52.5 Å². The van der Waals surface area contributed by atoms with Gasteiger partial charge in [0.1, 0.15) is 6.10 Å². The van der Waals surface area contributed by atoms with Crippen molar-refractivity contribution in [1.82, 2.24) is 4.90 Å². The molecule has 4 heteroatoms. The molecule has 9 atom stereocenters. The number of ether oxygens (including phenoxy) is 1. The van der Waals surface area contributed by atoms with Crippen LogP contribution in [0.1, 0.15) is 124 Å². The lowest BCUT2D eigenvalue weighted by atomic mass is 9.46. The van der Waals surface area contributed by atoms with Crippen LogP contribution in [-0.2, 0) is 14.3 Å². The summed E-state index contributed by atoms with van der Waals surface area (Å²) in [6, 6.07) is 0.418. The van der Waals surface area contributed by atoms with Crippen LogP contribution in [0.2, 0.25) is 0 Å². The first-order chi connectivity index (χ1) is 17.6. The largest absolute Gasteiger partial charge is 0.462 e. The predicted molar refractivity (Wildman–Crippen MR) is 151 cm³/mol. The van der Waals surface area contributed by atoms with Crippen LogP contribution in [-0.4, -0.2) is 36.0 Å². The molecule has 2 unspecified atom stereocenters. The molecule has 1 saturated heterocycles. The van der Waals surface area contributed by atoms with Gasteiger partial charge in [0.15, 0.2) is 0 Å². The van der Waals surface area contributed by atoms with Crippen molar-refractivity contribution in [3.8, 4) is 0 Å². The van der Waals surface area contributed by atoms with Crippen LogP contribution in [0.25, 0.3) is 0 Å². The highest BCUT2D eigenvalue weighted by atomic mass is 16.5. The molecule has 210 valence electrons. The number of amides is 1. The number of hydrogen-bond acceptors (Lipinski definition) is 3. The van der Waals surface area contributed by atoms with Gasteiger partial charge >= 0.3 is 5.97 Å². The van der Waals surface area contributed by atoms with Crippen LogP contribution in [0.15, 0.2) is 12.7 Å². The van der Waals surface area contributed by atoms with Gasteiger partial charge in [-0.05, 0) is 99.2 Å². The lowest BCUT2D eigenvalue weighted by molar-refractivity contribution is -0.165. The van der Waals surface area contributed by atoms with Crippen LogP contribution in [0.4, 0.5) is 0 Å². The first kappa shape index (κ1) is 28.7. The Morgan fingerprint density at radius 1 is 1.05 bits per heavy atom. The van der Waals surface area contributed by atoms with E-state index in [1.54, 1.807) is 0 Å². The van der Waals surface area contributed by atoms with Gasteiger partial charge in [-0.3, -0.25) is 9.59 Å². The van der Waals surface area contributed by atoms with Gasteiger partial charge in [-0.2, -0.15) is 0 Å². The minimum absolute atomic E-state index is 0.00156. The number of rotatable bonds is 11. The zero-order chi connectivity index (χ0) is 26.8. The molecule has 1 heterocycles. The molecule has 3 aliphatic carbocycles. The lowest BCUT2D eigenvalue weighted by Crippen LogP contribution is -2.61. The first-order valence-corrected chi connectivity index (χ1v) is 15.7. The molecule has 4 aliphatic rings. The summed E-state index contributed by atoms with van der Waals surface area (Å²) >= 11 is 0. The maximum Gasteiger partial charge on any atom is 0.306 e. The van der Waals surface area contributed by atoms with Crippen molar-refractivity contribution < 1.29 is 14.3 Å². The van der Waals surface area contributed by atoms with E-state index >= 15 is 0 Å². The minimum atomic E-state index is -0.00156. The number of hydrogen-bond donors (Lipinski definition) is 0. The predicted octanol–water partition coefficient (Wildman–Crippen LogP) is 7.95. The van der Waals surface area contributed by atoms with Crippen molar-refractivity contribution in [1.29, 1.82) is 0 Å². The second kappa shape index (κ2) is 11.8. The summed E-state index contributed by atoms with van der Waals surface area (Å²) in [5, 5.41) is 0. The Morgan fingerprint density at radius 3 is 2.49 bits per heavy atom. The molecule has 1 aliphatic heterocycles. The Morgan fingerprint density at radius 2 is 1.76 bits per heavy atom. The van der Waals surface area contributed by atoms with E-state index in [1.807, 2.05) is 13.1 Å². The molecule has 0 aromatic carbocycles. The molecule has 3 saturated carbocycles. The van der Waals surface area contributed by atoms with E-state index < -0.39 is 0 Å². The second-order valence-electron chi connectivity index (χ2n) is 13.9. The van der Waals surface area contributed by atoms with Crippen LogP contribution in [0.3, 0.4) is 0 Å². The molecular formula is C33H55NO3. The lowest BCUT2D eigenvalue weighted by Gasteiger charge is -2.62. The number of fused-ring (bicyclic) bond motifs is 5. The van der Waals surface area contributed by atoms with Crippen molar-refractivity contribution >= 4 is 11.9 Å². The van der Waals surface area contributed by atoms with Gasteiger partial charge in [0.05, 0.1) is 0 Å². The molecule has 0 radical (unpaired) electrons. The zero-order valence-corrected chi connectivity index (χ0v) is 24.6. The fraction of sp³-hybridized carbons (Fsp3) is 0.879. The highest BCUT2D eigenvalue weighted by molar-refractivity contribution is 5.77. The van der Waals surface area contributed by atoms with E-state index in [1.165, 1.54) is 51.4 Å². The molecule has 1 amide bonds. The number of unbranched alkanes of at least 4 members (excludes halogenated alkanes) is 6. The normalized spacial score (nSPS) is 39.9. The third-order valence-corrected chi connectivity index (χ3v) is 11.9. The quantitative estimate of drug-likeness (QED) is 0.160. The fourth-order valence-corrected chi connectivity index (χ4v) is 10.2. The number of piperidine rings is 1. The fourth-order valence-electron chi connectivity index (χ4n) is 10.2.